The molecule has 0 bridgehead atoms. The van der Waals surface area contributed by atoms with Crippen LogP contribution in [0.5, 0.6) is 0 Å². The Morgan fingerprint density at radius 1 is 1.27 bits per heavy atom. The van der Waals surface area contributed by atoms with E-state index >= 15 is 0 Å². The molecule has 1 aromatic carbocycles. The van der Waals surface area contributed by atoms with Gasteiger partial charge in [-0.25, -0.2) is 12.9 Å². The minimum absolute atomic E-state index is 0.212. The summed E-state index contributed by atoms with van der Waals surface area (Å²) in [6.45, 7) is -0.0898. The van der Waals surface area contributed by atoms with E-state index in [-0.39, 0.29) is 12.5 Å². The summed E-state index contributed by atoms with van der Waals surface area (Å²) in [5.41, 5.74) is 2.25. The van der Waals surface area contributed by atoms with Crippen molar-refractivity contribution in [1.29, 1.82) is 0 Å². The Morgan fingerprint density at radius 3 is 2.77 bits per heavy atom. The van der Waals surface area contributed by atoms with E-state index in [1.54, 1.807) is 39.4 Å². The van der Waals surface area contributed by atoms with E-state index in [1.807, 2.05) is 0 Å². The Balaban J connectivity index is 1.42. The topological polar surface area (TPSA) is 76.2 Å². The molecule has 30 heavy (non-hydrogen) atoms. The summed E-state index contributed by atoms with van der Waals surface area (Å²) in [7, 11) is 0. The molecule has 0 saturated carbocycles. The van der Waals surface area contributed by atoms with Gasteiger partial charge < -0.3 is 10.0 Å². The maximum Gasteiger partial charge on any atom is 0.257 e. The van der Waals surface area contributed by atoms with Gasteiger partial charge in [-0.1, -0.05) is 29.8 Å². The Morgan fingerprint density at radius 2 is 2.07 bits per heavy atom. The van der Waals surface area contributed by atoms with E-state index in [9.17, 15) is 18.7 Å². The molecule has 3 heterocycles. The molecule has 4 rings (SSSR count). The van der Waals surface area contributed by atoms with Crippen molar-refractivity contribution < 1.29 is 18.7 Å². The van der Waals surface area contributed by atoms with E-state index in [4.69, 9.17) is 11.6 Å². The van der Waals surface area contributed by atoms with Crippen molar-refractivity contribution in [2.24, 2.45) is 0 Å². The summed E-state index contributed by atoms with van der Waals surface area (Å²) >= 11 is 7.45. The molecule has 7 nitrogen and oxygen atoms in total. The first-order valence-electron chi connectivity index (χ1n) is 9.15. The van der Waals surface area contributed by atoms with E-state index in [2.05, 4.69) is 10.2 Å². The standard InChI is InChI=1S/C19H18ClF2N5O2S/c20-16-4-2-1-3-14(16)15(11-28)19(29)25-6-12-7-27(24-17(12)9-25)30-13-5-23-26(8-13)10-18(21)22/h1-5,7-8,15,18,28H,6,9-11H2. The summed E-state index contributed by atoms with van der Waals surface area (Å²) in [6.07, 6.45) is 2.38. The van der Waals surface area contributed by atoms with Crippen LogP contribution < -0.4 is 0 Å². The molecule has 1 aliphatic rings. The molecule has 158 valence electrons. The molecule has 0 radical (unpaired) electrons. The number of aliphatic hydroxyl groups excluding tert-OH is 1. The number of amides is 1. The smallest absolute Gasteiger partial charge is 0.257 e. The summed E-state index contributed by atoms with van der Waals surface area (Å²) in [5.74, 6) is -0.944. The van der Waals surface area contributed by atoms with Gasteiger partial charge in [-0.05, 0) is 11.6 Å². The van der Waals surface area contributed by atoms with Gasteiger partial charge in [0.1, 0.15) is 6.54 Å². The predicted octanol–water partition coefficient (Wildman–Crippen LogP) is 3.17. The zero-order valence-corrected chi connectivity index (χ0v) is 17.2. The van der Waals surface area contributed by atoms with Crippen LogP contribution in [0.25, 0.3) is 0 Å². The molecule has 1 N–H and O–H groups in total. The molecule has 1 aliphatic heterocycles. The fourth-order valence-corrected chi connectivity index (χ4v) is 4.42. The lowest BCUT2D eigenvalue weighted by atomic mass is 9.98. The monoisotopic (exact) mass is 453 g/mol. The van der Waals surface area contributed by atoms with Crippen molar-refractivity contribution in [1.82, 2.24) is 23.9 Å². The van der Waals surface area contributed by atoms with Crippen molar-refractivity contribution in [2.45, 2.75) is 36.9 Å². The minimum Gasteiger partial charge on any atom is -0.395 e. The third-order valence-electron chi connectivity index (χ3n) is 4.76. The number of aromatic nitrogens is 4. The maximum atomic E-state index is 13.0. The summed E-state index contributed by atoms with van der Waals surface area (Å²) < 4.78 is 27.7. The molecular weight excluding hydrogens is 436 g/mol. The second-order valence-electron chi connectivity index (χ2n) is 6.83. The fourth-order valence-electron chi connectivity index (χ4n) is 3.36. The predicted molar refractivity (Wildman–Crippen MR) is 107 cm³/mol. The van der Waals surface area contributed by atoms with Gasteiger partial charge in [0.05, 0.1) is 35.9 Å². The highest BCUT2D eigenvalue weighted by Gasteiger charge is 2.32. The first-order chi connectivity index (χ1) is 14.4. The molecule has 3 aromatic rings. The first kappa shape index (κ1) is 20.8. The number of alkyl halides is 2. The van der Waals surface area contributed by atoms with Gasteiger partial charge in [0.15, 0.2) is 0 Å². The van der Waals surface area contributed by atoms with Gasteiger partial charge in [-0.2, -0.15) is 10.2 Å². The molecule has 1 unspecified atom stereocenters. The molecule has 0 fully saturated rings. The largest absolute Gasteiger partial charge is 0.395 e. The Labute approximate surface area is 180 Å². The summed E-state index contributed by atoms with van der Waals surface area (Å²) in [4.78, 5) is 15.3. The quantitative estimate of drug-likeness (QED) is 0.594. The van der Waals surface area contributed by atoms with Crippen molar-refractivity contribution in [3.63, 3.8) is 0 Å². The van der Waals surface area contributed by atoms with Crippen molar-refractivity contribution in [2.75, 3.05) is 6.61 Å². The van der Waals surface area contributed by atoms with E-state index in [1.165, 1.54) is 29.0 Å². The number of hydrogen-bond donors (Lipinski definition) is 1. The number of carbonyl (C=O) groups excluding carboxylic acids is 1. The van der Waals surface area contributed by atoms with Gasteiger partial charge in [-0.3, -0.25) is 9.48 Å². The zero-order valence-electron chi connectivity index (χ0n) is 15.7. The highest BCUT2D eigenvalue weighted by Crippen LogP contribution is 2.31. The lowest BCUT2D eigenvalue weighted by Gasteiger charge is -2.22. The van der Waals surface area contributed by atoms with Gasteiger partial charge in [0, 0.05) is 41.5 Å². The van der Waals surface area contributed by atoms with E-state index in [0.717, 1.165) is 11.3 Å². The first-order valence-corrected chi connectivity index (χ1v) is 10.3. The Bertz CT molecular complexity index is 1030. The number of carbonyl (C=O) groups is 1. The highest BCUT2D eigenvalue weighted by atomic mass is 35.5. The van der Waals surface area contributed by atoms with Crippen LogP contribution in [-0.4, -0.2) is 47.9 Å². The van der Waals surface area contributed by atoms with Crippen molar-refractivity contribution in [3.05, 3.63) is 64.7 Å². The third-order valence-corrected chi connectivity index (χ3v) is 5.90. The average molecular weight is 454 g/mol. The van der Waals surface area contributed by atoms with Crippen LogP contribution in [0.3, 0.4) is 0 Å². The molecule has 1 atom stereocenters. The van der Waals surface area contributed by atoms with Gasteiger partial charge in [0.25, 0.3) is 6.43 Å². The van der Waals surface area contributed by atoms with Crippen molar-refractivity contribution in [3.8, 4) is 0 Å². The van der Waals surface area contributed by atoms with Crippen LogP contribution in [0.4, 0.5) is 8.78 Å². The van der Waals surface area contributed by atoms with Crippen LogP contribution in [0.2, 0.25) is 5.02 Å². The number of benzene rings is 1. The third kappa shape index (κ3) is 4.35. The van der Waals surface area contributed by atoms with Crippen LogP contribution >= 0.6 is 23.5 Å². The second-order valence-corrected chi connectivity index (χ2v) is 8.27. The number of aliphatic hydroxyl groups is 1. The lowest BCUT2D eigenvalue weighted by molar-refractivity contribution is -0.134. The number of hydrogen-bond acceptors (Lipinski definition) is 5. The van der Waals surface area contributed by atoms with E-state index in [0.29, 0.717) is 28.6 Å². The molecule has 1 amide bonds. The minimum atomic E-state index is -2.46. The van der Waals surface area contributed by atoms with Crippen LogP contribution in [0.15, 0.2) is 47.8 Å². The van der Waals surface area contributed by atoms with Gasteiger partial charge in [-0.15, -0.1) is 0 Å². The van der Waals surface area contributed by atoms with Gasteiger partial charge >= 0.3 is 0 Å². The number of rotatable bonds is 7. The summed E-state index contributed by atoms with van der Waals surface area (Å²) in [6, 6.07) is 6.98. The van der Waals surface area contributed by atoms with Gasteiger partial charge in [0.2, 0.25) is 5.91 Å². The number of halogens is 3. The molecule has 0 spiro atoms. The molecular formula is C19H18ClF2N5O2S. The maximum absolute atomic E-state index is 13.0. The van der Waals surface area contributed by atoms with Crippen molar-refractivity contribution >= 4 is 29.5 Å². The molecule has 2 aromatic heterocycles. The van der Waals surface area contributed by atoms with Crippen LogP contribution in [0.1, 0.15) is 22.7 Å². The molecule has 0 aliphatic carbocycles. The Kier molecular flexibility index (Phi) is 6.07. The second kappa shape index (κ2) is 8.75. The van der Waals surface area contributed by atoms with E-state index < -0.39 is 18.9 Å². The molecule has 11 heteroatoms. The Hall–Kier alpha value is -2.43. The average Bonchev–Trinajstić information content (AvgIpc) is 3.38. The van der Waals surface area contributed by atoms with Crippen LogP contribution in [-0.2, 0) is 24.4 Å². The normalized spacial score (nSPS) is 14.4. The zero-order chi connectivity index (χ0) is 21.3. The summed E-state index contributed by atoms with van der Waals surface area (Å²) in [5, 5.41) is 18.6. The fraction of sp³-hybridized carbons (Fsp3) is 0.316. The number of nitrogens with zero attached hydrogens (tertiary/aromatic N) is 5. The lowest BCUT2D eigenvalue weighted by Crippen LogP contribution is -2.33. The highest BCUT2D eigenvalue weighted by molar-refractivity contribution is 7.97. The molecule has 0 saturated heterocycles. The van der Waals surface area contributed by atoms with Crippen LogP contribution in [0, 0.1) is 0 Å². The SMILES string of the molecule is O=C(C(CO)c1ccccc1Cl)N1Cc2cn(Sc3cnn(CC(F)F)c3)nc2C1. The number of fused-ring (bicyclic) bond motifs is 1.